The zero-order chi connectivity index (χ0) is 15.9. The molecule has 2 aromatic rings. The summed E-state index contributed by atoms with van der Waals surface area (Å²) in [7, 11) is 0. The lowest BCUT2D eigenvalue weighted by atomic mass is 10.0. The number of nitrogens with one attached hydrogen (secondary N) is 1. The highest BCUT2D eigenvalue weighted by Crippen LogP contribution is 2.20. The van der Waals surface area contributed by atoms with E-state index < -0.39 is 0 Å². The van der Waals surface area contributed by atoms with E-state index in [1.54, 1.807) is 4.68 Å². The van der Waals surface area contributed by atoms with Crippen LogP contribution in [0, 0.1) is 18.3 Å². The van der Waals surface area contributed by atoms with Crippen molar-refractivity contribution in [2.75, 3.05) is 0 Å². The van der Waals surface area contributed by atoms with Gasteiger partial charge in [0.05, 0.1) is 5.69 Å². The fourth-order valence-corrected chi connectivity index (χ4v) is 2.20. The molecule has 114 valence electrons. The van der Waals surface area contributed by atoms with Crippen LogP contribution in [0.25, 0.3) is 5.57 Å². The monoisotopic (exact) mass is 314 g/mol. The molecule has 0 aliphatic heterocycles. The average Bonchev–Trinajstić information content (AvgIpc) is 2.96. The molecule has 0 spiro atoms. The molecule has 1 aromatic heterocycles. The maximum absolute atomic E-state index is 7.38. The van der Waals surface area contributed by atoms with E-state index >= 15 is 0 Å². The van der Waals surface area contributed by atoms with Crippen LogP contribution in [0.5, 0.6) is 0 Å². The van der Waals surface area contributed by atoms with Gasteiger partial charge in [-0.2, -0.15) is 5.10 Å². The summed E-state index contributed by atoms with van der Waals surface area (Å²) in [6.07, 6.45) is 5.20. The Morgan fingerprint density at radius 3 is 2.68 bits per heavy atom. The summed E-state index contributed by atoms with van der Waals surface area (Å²) in [4.78, 5) is 4.41. The van der Waals surface area contributed by atoms with Gasteiger partial charge in [0.25, 0.3) is 0 Å². The predicted molar refractivity (Wildman–Crippen MR) is 92.6 cm³/mol. The number of aryl methyl sites for hydroxylation is 1. The quantitative estimate of drug-likeness (QED) is 0.800. The van der Waals surface area contributed by atoms with Crippen molar-refractivity contribution in [3.63, 3.8) is 0 Å². The second kappa shape index (κ2) is 7.71. The highest BCUT2D eigenvalue weighted by Gasteiger charge is 2.09. The summed E-state index contributed by atoms with van der Waals surface area (Å²) in [5, 5.41) is 12.1. The van der Waals surface area contributed by atoms with E-state index in [0.717, 1.165) is 16.8 Å². The number of hydrogen-bond acceptors (Lipinski definition) is 3. The second-order valence-electron chi connectivity index (χ2n) is 5.06. The summed E-state index contributed by atoms with van der Waals surface area (Å²) in [6.45, 7) is 4.25. The van der Waals surface area contributed by atoms with Crippen molar-refractivity contribution in [2.24, 2.45) is 10.9 Å². The van der Waals surface area contributed by atoms with E-state index in [0.29, 0.717) is 11.8 Å². The predicted octanol–water partition coefficient (Wildman–Crippen LogP) is 4.16. The molecular formula is C17H19ClN4. The van der Waals surface area contributed by atoms with Gasteiger partial charge in [0.2, 0.25) is 0 Å². The van der Waals surface area contributed by atoms with Crippen molar-refractivity contribution in [3.8, 4) is 0 Å². The molecule has 1 atom stereocenters. The number of allylic oxidation sites excluding steroid dienone is 2. The first-order valence-electron chi connectivity index (χ1n) is 7.08. The Bertz CT molecular complexity index is 686. The van der Waals surface area contributed by atoms with Crippen molar-refractivity contribution < 1.29 is 0 Å². The van der Waals surface area contributed by atoms with Crippen LogP contribution in [0.3, 0.4) is 0 Å². The second-order valence-corrected chi connectivity index (χ2v) is 5.42. The molecule has 2 rings (SSSR count). The Kier molecular flexibility index (Phi) is 5.67. The van der Waals surface area contributed by atoms with E-state index in [9.17, 15) is 0 Å². The van der Waals surface area contributed by atoms with Crippen LogP contribution >= 0.6 is 11.6 Å². The first kappa shape index (κ1) is 16.2. The van der Waals surface area contributed by atoms with Gasteiger partial charge in [-0.05, 0) is 18.6 Å². The lowest BCUT2D eigenvalue weighted by Gasteiger charge is -2.08. The molecule has 0 radical (unpaired) electrons. The molecule has 0 amide bonds. The van der Waals surface area contributed by atoms with Crippen LogP contribution in [0.4, 0.5) is 0 Å². The molecule has 4 nitrogen and oxygen atoms in total. The van der Waals surface area contributed by atoms with Gasteiger partial charge >= 0.3 is 0 Å². The normalized spacial score (nSPS) is 14.0. The third kappa shape index (κ3) is 4.40. The maximum atomic E-state index is 7.38. The fraction of sp³-hybridized carbons (Fsp3) is 0.235. The van der Waals surface area contributed by atoms with Crippen molar-refractivity contribution in [1.29, 1.82) is 5.41 Å². The summed E-state index contributed by atoms with van der Waals surface area (Å²) >= 11 is 6.40. The van der Waals surface area contributed by atoms with Crippen LogP contribution in [0.1, 0.15) is 18.2 Å². The van der Waals surface area contributed by atoms with Crippen LogP contribution in [-0.4, -0.2) is 21.2 Å². The lowest BCUT2D eigenvalue weighted by Crippen LogP contribution is -2.03. The Hall–Kier alpha value is -2.20. The number of aliphatic imine (C=N–C) groups is 1. The third-order valence-corrected chi connectivity index (χ3v) is 3.45. The van der Waals surface area contributed by atoms with Crippen LogP contribution in [0.2, 0.25) is 0 Å². The van der Waals surface area contributed by atoms with E-state index in [1.807, 2.05) is 62.5 Å². The topological polar surface area (TPSA) is 54.0 Å². The molecule has 1 aromatic carbocycles. The minimum Gasteiger partial charge on any atom is -0.313 e. The molecule has 22 heavy (non-hydrogen) atoms. The minimum atomic E-state index is -0.00824. The average molecular weight is 315 g/mol. The number of benzene rings is 1. The molecule has 1 heterocycles. The fourth-order valence-electron chi connectivity index (χ4n) is 1.97. The first-order valence-corrected chi connectivity index (χ1v) is 7.46. The molecule has 0 saturated heterocycles. The standard InChI is InChI=1S/C17H19ClN4/c1-13(11-19)10-16(15-6-4-3-5-7-15)17(18)20-12-22-9-8-14(2)21-22/h3-11,13,19H,12H2,1-2H3/b16-10-,19-11?,20-17+. The van der Waals surface area contributed by atoms with Crippen molar-refractivity contribution in [1.82, 2.24) is 9.78 Å². The Balaban J connectivity index is 2.28. The lowest BCUT2D eigenvalue weighted by molar-refractivity contribution is 0.636. The molecule has 0 aliphatic rings. The Labute approximate surface area is 135 Å². The number of nitrogens with zero attached hydrogens (tertiary/aromatic N) is 3. The van der Waals surface area contributed by atoms with Crippen LogP contribution < -0.4 is 0 Å². The van der Waals surface area contributed by atoms with Crippen LogP contribution in [-0.2, 0) is 6.67 Å². The van der Waals surface area contributed by atoms with Crippen LogP contribution in [0.15, 0.2) is 53.7 Å². The van der Waals surface area contributed by atoms with E-state index in [4.69, 9.17) is 17.0 Å². The van der Waals surface area contributed by atoms with Gasteiger partial charge in [0.15, 0.2) is 0 Å². The zero-order valence-electron chi connectivity index (χ0n) is 12.7. The molecular weight excluding hydrogens is 296 g/mol. The van der Waals surface area contributed by atoms with Gasteiger partial charge in [0.1, 0.15) is 11.8 Å². The molecule has 1 N–H and O–H groups in total. The number of hydrogen-bond donors (Lipinski definition) is 1. The molecule has 1 unspecified atom stereocenters. The van der Waals surface area contributed by atoms with Gasteiger partial charge in [-0.1, -0.05) is 54.9 Å². The molecule has 0 fully saturated rings. The van der Waals surface area contributed by atoms with E-state index in [1.165, 1.54) is 6.21 Å². The third-order valence-electron chi connectivity index (χ3n) is 3.13. The number of rotatable bonds is 6. The van der Waals surface area contributed by atoms with Crippen molar-refractivity contribution in [3.05, 3.63) is 59.9 Å². The molecule has 0 saturated carbocycles. The number of aromatic nitrogens is 2. The summed E-state index contributed by atoms with van der Waals surface area (Å²) in [5.41, 5.74) is 2.77. The van der Waals surface area contributed by atoms with Gasteiger partial charge in [-0.25, -0.2) is 4.99 Å². The zero-order valence-corrected chi connectivity index (χ0v) is 13.5. The van der Waals surface area contributed by atoms with Gasteiger partial charge < -0.3 is 5.41 Å². The summed E-state index contributed by atoms with van der Waals surface area (Å²) < 4.78 is 1.74. The smallest absolute Gasteiger partial charge is 0.133 e. The largest absolute Gasteiger partial charge is 0.313 e. The van der Waals surface area contributed by atoms with Gasteiger partial charge in [-0.15, -0.1) is 0 Å². The first-order chi connectivity index (χ1) is 10.6. The van der Waals surface area contributed by atoms with E-state index in [-0.39, 0.29) is 5.92 Å². The SMILES string of the molecule is Cc1ccn(C/N=C(Cl)\C(=C/C(C)C=N)c2ccccc2)n1. The number of halogens is 1. The van der Waals surface area contributed by atoms with Crippen molar-refractivity contribution >= 4 is 28.6 Å². The minimum absolute atomic E-state index is 0.00824. The van der Waals surface area contributed by atoms with Gasteiger partial charge in [-0.3, -0.25) is 4.68 Å². The highest BCUT2D eigenvalue weighted by atomic mass is 35.5. The maximum Gasteiger partial charge on any atom is 0.133 e. The Morgan fingerprint density at radius 1 is 1.36 bits per heavy atom. The van der Waals surface area contributed by atoms with Crippen molar-refractivity contribution in [2.45, 2.75) is 20.5 Å². The van der Waals surface area contributed by atoms with E-state index in [2.05, 4.69) is 10.1 Å². The molecule has 5 heteroatoms. The molecule has 0 aliphatic carbocycles. The highest BCUT2D eigenvalue weighted by molar-refractivity contribution is 6.76. The molecule has 0 bridgehead atoms. The Morgan fingerprint density at radius 2 is 2.09 bits per heavy atom. The summed E-state index contributed by atoms with van der Waals surface area (Å²) in [5.74, 6) is -0.00824. The summed E-state index contributed by atoms with van der Waals surface area (Å²) in [6, 6.07) is 11.8. The van der Waals surface area contributed by atoms with Gasteiger partial charge in [0, 0.05) is 23.9 Å².